The zero-order valence-electron chi connectivity index (χ0n) is 14.9. The largest absolute Gasteiger partial charge is 0.394 e. The van der Waals surface area contributed by atoms with Gasteiger partial charge in [0.15, 0.2) is 0 Å². The minimum atomic E-state index is -1.42. The number of rotatable bonds is 4. The van der Waals surface area contributed by atoms with Gasteiger partial charge in [0.05, 0.1) is 17.6 Å². The highest BCUT2D eigenvalue weighted by atomic mass is 16.5. The number of aliphatic hydroxyl groups excluding tert-OH is 5. The minimum Gasteiger partial charge on any atom is -0.394 e. The number of aliphatic hydroxyl groups is 5. The maximum absolute atomic E-state index is 10.4. The summed E-state index contributed by atoms with van der Waals surface area (Å²) in [5.74, 6) is 0.488. The van der Waals surface area contributed by atoms with Crippen LogP contribution in [0.5, 0.6) is 0 Å². The van der Waals surface area contributed by atoms with Gasteiger partial charge in [-0.25, -0.2) is 4.98 Å². The molecule has 2 aromatic carbocycles. The molecule has 0 saturated carbocycles. The van der Waals surface area contributed by atoms with E-state index in [0.717, 1.165) is 22.2 Å². The molecule has 0 amide bonds. The Balaban J connectivity index is 1.67. The van der Waals surface area contributed by atoms with Crippen LogP contribution in [0.4, 0.5) is 0 Å². The van der Waals surface area contributed by atoms with Crippen molar-refractivity contribution in [2.75, 3.05) is 6.61 Å². The second-order valence-electron chi connectivity index (χ2n) is 6.95. The van der Waals surface area contributed by atoms with E-state index in [4.69, 9.17) is 4.74 Å². The highest BCUT2D eigenvalue weighted by Crippen LogP contribution is 2.34. The van der Waals surface area contributed by atoms with Crippen molar-refractivity contribution in [2.24, 2.45) is 0 Å². The van der Waals surface area contributed by atoms with E-state index in [1.54, 1.807) is 6.07 Å². The summed E-state index contributed by atoms with van der Waals surface area (Å²) in [6.07, 6.45) is -5.96. The minimum absolute atomic E-state index is 0.170. The number of H-pyrrole nitrogens is 1. The van der Waals surface area contributed by atoms with Gasteiger partial charge in [-0.2, -0.15) is 0 Å². The van der Waals surface area contributed by atoms with Crippen molar-refractivity contribution in [1.29, 1.82) is 0 Å². The topological polar surface area (TPSA) is 139 Å². The van der Waals surface area contributed by atoms with Gasteiger partial charge in [0.2, 0.25) is 0 Å². The van der Waals surface area contributed by atoms with Crippen LogP contribution in [-0.2, 0) is 11.3 Å². The molecule has 1 saturated heterocycles. The van der Waals surface area contributed by atoms with Crippen LogP contribution in [0.3, 0.4) is 0 Å². The van der Waals surface area contributed by atoms with Gasteiger partial charge in [-0.3, -0.25) is 0 Å². The Morgan fingerprint density at radius 3 is 2.46 bits per heavy atom. The Kier molecular flexibility index (Phi) is 5.15. The van der Waals surface area contributed by atoms with E-state index >= 15 is 0 Å². The van der Waals surface area contributed by atoms with Crippen molar-refractivity contribution in [2.45, 2.75) is 37.1 Å². The number of hydrogen-bond donors (Lipinski definition) is 6. The fourth-order valence-corrected chi connectivity index (χ4v) is 3.59. The molecule has 8 heteroatoms. The van der Waals surface area contributed by atoms with E-state index < -0.39 is 37.1 Å². The zero-order valence-corrected chi connectivity index (χ0v) is 14.9. The molecule has 28 heavy (non-hydrogen) atoms. The third-order valence-corrected chi connectivity index (χ3v) is 5.12. The summed E-state index contributed by atoms with van der Waals surface area (Å²) in [5.41, 5.74) is 3.91. The predicted octanol–water partition coefficient (Wildman–Crippen LogP) is 0.237. The number of benzene rings is 2. The van der Waals surface area contributed by atoms with Crippen LogP contribution in [0.1, 0.15) is 17.5 Å². The van der Waals surface area contributed by atoms with Gasteiger partial charge in [-0.1, -0.05) is 24.3 Å². The fraction of sp³-hybridized carbons (Fsp3) is 0.350. The van der Waals surface area contributed by atoms with Crippen LogP contribution in [-0.4, -0.2) is 66.5 Å². The molecule has 8 nitrogen and oxygen atoms in total. The van der Waals surface area contributed by atoms with Crippen LogP contribution >= 0.6 is 0 Å². The van der Waals surface area contributed by atoms with E-state index in [2.05, 4.69) is 9.97 Å². The third kappa shape index (κ3) is 3.30. The van der Waals surface area contributed by atoms with Gasteiger partial charge < -0.3 is 35.3 Å². The van der Waals surface area contributed by atoms with Crippen LogP contribution in [0.25, 0.3) is 22.2 Å². The summed E-state index contributed by atoms with van der Waals surface area (Å²) in [5, 5.41) is 49.0. The highest BCUT2D eigenvalue weighted by Gasteiger charge is 2.43. The average molecular weight is 386 g/mol. The number of aromatic amines is 1. The van der Waals surface area contributed by atoms with Crippen molar-refractivity contribution >= 4 is 11.0 Å². The molecule has 3 aromatic rings. The molecule has 5 atom stereocenters. The molecule has 1 fully saturated rings. The monoisotopic (exact) mass is 386 g/mol. The third-order valence-electron chi connectivity index (χ3n) is 5.12. The van der Waals surface area contributed by atoms with Gasteiger partial charge >= 0.3 is 0 Å². The SMILES string of the molecule is OCc1nc2ccc(-c3cccc(C4OC(CO)C(O)C(O)C4O)c3)cc2[nH]1. The summed E-state index contributed by atoms with van der Waals surface area (Å²) in [7, 11) is 0. The normalized spacial score (nSPS) is 28.0. The molecule has 6 N–H and O–H groups in total. The van der Waals surface area contributed by atoms with E-state index in [-0.39, 0.29) is 6.61 Å². The van der Waals surface area contributed by atoms with Gasteiger partial charge in [0.25, 0.3) is 0 Å². The number of imidazole rings is 1. The second-order valence-corrected chi connectivity index (χ2v) is 6.95. The first kappa shape index (κ1) is 19.0. The average Bonchev–Trinajstić information content (AvgIpc) is 3.15. The molecular formula is C20H22N2O6. The summed E-state index contributed by atoms with van der Waals surface area (Å²) in [6, 6.07) is 13.0. The number of aromatic nitrogens is 2. The van der Waals surface area contributed by atoms with Crippen molar-refractivity contribution in [3.05, 3.63) is 53.9 Å². The quantitative estimate of drug-likeness (QED) is 0.377. The van der Waals surface area contributed by atoms with E-state index in [9.17, 15) is 25.5 Å². The number of hydrogen-bond acceptors (Lipinski definition) is 7. The lowest BCUT2D eigenvalue weighted by molar-refractivity contribution is -0.231. The maximum Gasteiger partial charge on any atom is 0.133 e. The Hall–Kier alpha value is -2.33. The molecule has 1 aliphatic rings. The number of fused-ring (bicyclic) bond motifs is 1. The first-order valence-corrected chi connectivity index (χ1v) is 9.02. The number of ether oxygens (including phenoxy) is 1. The first-order valence-electron chi connectivity index (χ1n) is 9.02. The lowest BCUT2D eigenvalue weighted by Gasteiger charge is -2.40. The van der Waals surface area contributed by atoms with Crippen LogP contribution < -0.4 is 0 Å². The van der Waals surface area contributed by atoms with Crippen molar-refractivity contribution in [1.82, 2.24) is 9.97 Å². The van der Waals surface area contributed by atoms with Gasteiger partial charge in [0, 0.05) is 0 Å². The molecule has 0 spiro atoms. The summed E-state index contributed by atoms with van der Waals surface area (Å²) >= 11 is 0. The molecule has 5 unspecified atom stereocenters. The lowest BCUT2D eigenvalue weighted by Crippen LogP contribution is -2.55. The summed E-state index contributed by atoms with van der Waals surface area (Å²) in [4.78, 5) is 7.32. The first-order chi connectivity index (χ1) is 13.5. The Bertz CT molecular complexity index is 972. The van der Waals surface area contributed by atoms with Gasteiger partial charge in [-0.15, -0.1) is 0 Å². The molecule has 2 heterocycles. The van der Waals surface area contributed by atoms with Crippen molar-refractivity contribution in [3.63, 3.8) is 0 Å². The predicted molar refractivity (Wildman–Crippen MR) is 100 cm³/mol. The Morgan fingerprint density at radius 1 is 0.929 bits per heavy atom. The van der Waals surface area contributed by atoms with E-state index in [0.29, 0.717) is 11.4 Å². The molecule has 1 aromatic heterocycles. The molecular weight excluding hydrogens is 364 g/mol. The molecule has 4 rings (SSSR count). The molecule has 1 aliphatic heterocycles. The van der Waals surface area contributed by atoms with E-state index in [1.165, 1.54) is 0 Å². The second kappa shape index (κ2) is 7.59. The van der Waals surface area contributed by atoms with Crippen molar-refractivity contribution in [3.8, 4) is 11.1 Å². The smallest absolute Gasteiger partial charge is 0.133 e. The number of nitrogens with one attached hydrogen (secondary N) is 1. The molecule has 0 radical (unpaired) electrons. The molecule has 0 aliphatic carbocycles. The maximum atomic E-state index is 10.4. The summed E-state index contributed by atoms with van der Waals surface area (Å²) < 4.78 is 5.64. The van der Waals surface area contributed by atoms with Gasteiger partial charge in [0.1, 0.15) is 43.0 Å². The Morgan fingerprint density at radius 2 is 1.71 bits per heavy atom. The molecule has 148 valence electrons. The number of nitrogens with zero attached hydrogens (tertiary/aromatic N) is 1. The van der Waals surface area contributed by atoms with Crippen LogP contribution in [0, 0.1) is 0 Å². The molecule has 0 bridgehead atoms. The van der Waals surface area contributed by atoms with Crippen molar-refractivity contribution < 1.29 is 30.3 Å². The standard InChI is InChI=1S/C20H22N2O6/c23-8-15-17(25)18(26)19(27)20(28-15)12-3-1-2-10(6-12)11-4-5-13-14(7-11)22-16(9-24)21-13/h1-7,15,17-20,23-27H,8-9H2,(H,21,22). The summed E-state index contributed by atoms with van der Waals surface area (Å²) in [6.45, 7) is -0.637. The zero-order chi connectivity index (χ0) is 19.8. The van der Waals surface area contributed by atoms with Crippen LogP contribution in [0.15, 0.2) is 42.5 Å². The fourth-order valence-electron chi connectivity index (χ4n) is 3.59. The van der Waals surface area contributed by atoms with Crippen LogP contribution in [0.2, 0.25) is 0 Å². The van der Waals surface area contributed by atoms with E-state index in [1.807, 2.05) is 36.4 Å². The lowest BCUT2D eigenvalue weighted by atomic mass is 9.90. The Labute approximate surface area is 160 Å². The van der Waals surface area contributed by atoms with Gasteiger partial charge in [-0.05, 0) is 34.9 Å². The highest BCUT2D eigenvalue weighted by molar-refractivity contribution is 5.82.